The first-order valence-electron chi connectivity index (χ1n) is 33.0. The Hall–Kier alpha value is -8.55. The summed E-state index contributed by atoms with van der Waals surface area (Å²) < 4.78 is 212. The van der Waals surface area contributed by atoms with E-state index in [9.17, 15) is 17.8 Å². The number of aromatic nitrogens is 4. The van der Waals surface area contributed by atoms with Gasteiger partial charge in [0.1, 0.15) is 0 Å². The maximum Gasteiger partial charge on any atom is 0.179 e. The monoisotopic (exact) mass is 937 g/mol. The molecule has 0 aliphatic heterocycles. The molecular formula is C63H42N4SSi. The summed E-state index contributed by atoms with van der Waals surface area (Å²) >= 11 is 0.757. The molecule has 0 bridgehead atoms. The van der Waals surface area contributed by atoms with Crippen LogP contribution in [0.1, 0.15) is 31.5 Å². The lowest BCUT2D eigenvalue weighted by Gasteiger charge is -2.34. The summed E-state index contributed by atoms with van der Waals surface area (Å²) in [6.07, 6.45) is 0. The van der Waals surface area contributed by atoms with Crippen molar-refractivity contribution in [3.05, 3.63) is 254 Å². The third kappa shape index (κ3) is 7.00. The fourth-order valence-electron chi connectivity index (χ4n) is 8.90. The van der Waals surface area contributed by atoms with E-state index in [1.807, 2.05) is 103 Å². The SMILES string of the molecule is [2H]c1c([2H])c(-c2nc(-c3cccc([Si](c4ccccc4)(c4ccccc4)c4ccccc4)c3)nc(-c3c([2H])c([2H])c([2H])c(-n4c5c([2H])c([2H])c([2H])c([2H])c5c5c([2H])c([2H])c([2H])c([2H])c54)c3[2H])n2)c([2H])c(-c2c([2H])c([2H])c3sc4c([2H])c([2H])c([2H])c([2H])c4c3c2[2H])c1[2H]. The molecule has 3 aromatic heterocycles. The summed E-state index contributed by atoms with van der Waals surface area (Å²) in [6.45, 7) is 0. The standard InChI is InChI=1S/C63H42N4SSi/c1-4-24-49(25-5-1)69(50-26-6-2-7-27-50,51-28-8-3-9-29-51)52-30-18-22-47(41-52)63-65-61(45-20-16-19-43(39-45)44-37-38-60-56(42-44)55-33-12-15-36-59(55)68-60)64-62(66-63)46-21-17-23-48(40-46)67-57-34-13-10-31-53(57)54-32-11-14-35-58(54)67/h1-42H/i10D,11D,12D,13D,14D,15D,16D,17D,19D,20D,21D,23D,31D,32D,33D,34D,35D,36D,37D,38D,39D,40D,42D. The van der Waals surface area contributed by atoms with Crippen LogP contribution in [-0.4, -0.2) is 27.6 Å². The van der Waals surface area contributed by atoms with Crippen molar-refractivity contribution in [3.63, 3.8) is 0 Å². The van der Waals surface area contributed by atoms with Crippen molar-refractivity contribution >= 4 is 82.1 Å². The molecular weight excluding hydrogens is 873 g/mol. The number of para-hydroxylation sites is 2. The number of fused-ring (bicyclic) bond motifs is 6. The van der Waals surface area contributed by atoms with E-state index in [1.54, 1.807) is 12.1 Å². The average molecular weight is 938 g/mol. The van der Waals surface area contributed by atoms with Crippen LogP contribution in [0.15, 0.2) is 254 Å². The summed E-state index contributed by atoms with van der Waals surface area (Å²) in [5, 5.41) is 2.50. The maximum atomic E-state index is 10.1. The van der Waals surface area contributed by atoms with Crippen LogP contribution in [0.3, 0.4) is 0 Å². The fraction of sp³-hybridized carbons (Fsp3) is 0. The molecule has 13 rings (SSSR count). The summed E-state index contributed by atoms with van der Waals surface area (Å²) in [4.78, 5) is 14.5. The van der Waals surface area contributed by atoms with Crippen molar-refractivity contribution < 1.29 is 31.5 Å². The molecule has 4 nitrogen and oxygen atoms in total. The first kappa shape index (κ1) is 23.4. The lowest BCUT2D eigenvalue weighted by molar-refractivity contribution is 1.07. The van der Waals surface area contributed by atoms with Gasteiger partial charge < -0.3 is 4.57 Å². The second-order valence-electron chi connectivity index (χ2n) is 15.8. The summed E-state index contributed by atoms with van der Waals surface area (Å²) in [5.41, 5.74) is -4.01. The zero-order chi connectivity index (χ0) is 65.7. The molecule has 13 aromatic rings. The van der Waals surface area contributed by atoms with Gasteiger partial charge in [0.05, 0.1) is 42.6 Å². The van der Waals surface area contributed by atoms with Crippen molar-refractivity contribution in [2.24, 2.45) is 0 Å². The smallest absolute Gasteiger partial charge is 0.179 e. The normalized spacial score (nSPS) is 16.4. The van der Waals surface area contributed by atoms with Crippen molar-refractivity contribution in [2.45, 2.75) is 0 Å². The molecule has 324 valence electrons. The average Bonchev–Trinajstić information content (AvgIpc) is 1.49. The highest BCUT2D eigenvalue weighted by atomic mass is 32.1. The van der Waals surface area contributed by atoms with Gasteiger partial charge >= 0.3 is 0 Å². The summed E-state index contributed by atoms with van der Waals surface area (Å²) in [7, 11) is -3.39. The number of nitrogens with zero attached hydrogens (tertiary/aromatic N) is 4. The van der Waals surface area contributed by atoms with Crippen LogP contribution in [0.4, 0.5) is 0 Å². The lowest BCUT2D eigenvalue weighted by Crippen LogP contribution is -2.74. The van der Waals surface area contributed by atoms with E-state index in [2.05, 4.69) is 0 Å². The van der Waals surface area contributed by atoms with E-state index in [4.69, 9.17) is 28.7 Å². The van der Waals surface area contributed by atoms with Gasteiger partial charge in [0.25, 0.3) is 0 Å². The van der Waals surface area contributed by atoms with E-state index in [0.717, 1.165) is 36.7 Å². The molecule has 6 heteroatoms. The van der Waals surface area contributed by atoms with Crippen LogP contribution in [-0.2, 0) is 0 Å². The molecule has 0 atom stereocenters. The number of thiophene rings is 1. The van der Waals surface area contributed by atoms with Crippen molar-refractivity contribution in [3.8, 4) is 51.0 Å². The Kier molecular flexibility index (Phi) is 5.76. The highest BCUT2D eigenvalue weighted by molar-refractivity contribution is 7.25. The number of rotatable bonds is 9. The van der Waals surface area contributed by atoms with Gasteiger partial charge in [-0.1, -0.05) is 206 Å². The molecule has 0 N–H and O–H groups in total. The Bertz CT molecular complexity index is 5230. The molecule has 0 amide bonds. The first-order valence-corrected chi connectivity index (χ1v) is 24.3. The molecule has 0 saturated heterocycles. The minimum Gasteiger partial charge on any atom is -0.309 e. The predicted molar refractivity (Wildman–Crippen MR) is 292 cm³/mol. The molecule has 0 fully saturated rings. The van der Waals surface area contributed by atoms with Crippen molar-refractivity contribution in [2.75, 3.05) is 0 Å². The Balaban J connectivity index is 1.16. The van der Waals surface area contributed by atoms with Gasteiger partial charge in [0.2, 0.25) is 0 Å². The predicted octanol–water partition coefficient (Wildman–Crippen LogP) is 13.4. The van der Waals surface area contributed by atoms with E-state index in [0.29, 0.717) is 0 Å². The van der Waals surface area contributed by atoms with E-state index in [-0.39, 0.29) is 31.6 Å². The number of benzene rings is 10. The molecule has 3 heterocycles. The van der Waals surface area contributed by atoms with Gasteiger partial charge in [-0.2, -0.15) is 0 Å². The van der Waals surface area contributed by atoms with Crippen LogP contribution in [0.2, 0.25) is 0 Å². The second-order valence-corrected chi connectivity index (χ2v) is 20.6. The van der Waals surface area contributed by atoms with Gasteiger partial charge in [-0.05, 0) is 80.2 Å². The largest absolute Gasteiger partial charge is 0.309 e. The molecule has 0 aliphatic carbocycles. The zero-order valence-electron chi connectivity index (χ0n) is 58.7. The molecule has 0 saturated carbocycles. The zero-order valence-corrected chi connectivity index (χ0v) is 37.5. The topological polar surface area (TPSA) is 43.6 Å². The van der Waals surface area contributed by atoms with E-state index >= 15 is 0 Å². The molecule has 10 aromatic carbocycles. The van der Waals surface area contributed by atoms with Crippen molar-refractivity contribution in [1.29, 1.82) is 0 Å². The minimum atomic E-state index is -3.39. The van der Waals surface area contributed by atoms with Crippen molar-refractivity contribution in [1.82, 2.24) is 19.5 Å². The highest BCUT2D eigenvalue weighted by Crippen LogP contribution is 2.38. The van der Waals surface area contributed by atoms with Gasteiger partial charge in [0, 0.05) is 53.3 Å². The van der Waals surface area contributed by atoms with Crippen LogP contribution in [0, 0.1) is 0 Å². The Morgan fingerprint density at radius 1 is 0.362 bits per heavy atom. The summed E-state index contributed by atoms with van der Waals surface area (Å²) in [5.74, 6) is -1.57. The van der Waals surface area contributed by atoms with E-state index < -0.39 is 208 Å². The quantitative estimate of drug-likeness (QED) is 0.107. The Labute approximate surface area is 437 Å². The Morgan fingerprint density at radius 2 is 0.855 bits per heavy atom. The van der Waals surface area contributed by atoms with Crippen LogP contribution in [0.5, 0.6) is 0 Å². The number of hydrogen-bond acceptors (Lipinski definition) is 4. The molecule has 0 spiro atoms. The highest BCUT2D eigenvalue weighted by Gasteiger charge is 2.41. The fourth-order valence-corrected chi connectivity index (χ4v) is 14.6. The van der Waals surface area contributed by atoms with Gasteiger partial charge in [-0.25, -0.2) is 15.0 Å². The third-order valence-electron chi connectivity index (χ3n) is 11.9. The minimum absolute atomic E-state index is 0.0254. The van der Waals surface area contributed by atoms with E-state index in [1.165, 1.54) is 0 Å². The third-order valence-corrected chi connectivity index (χ3v) is 17.7. The van der Waals surface area contributed by atoms with Gasteiger partial charge in [0.15, 0.2) is 25.5 Å². The van der Waals surface area contributed by atoms with Crippen LogP contribution in [0.25, 0.3) is 93.0 Å². The summed E-state index contributed by atoms with van der Waals surface area (Å²) in [6, 6.07) is 19.3. The Morgan fingerprint density at radius 3 is 1.49 bits per heavy atom. The number of hydrogen-bond donors (Lipinski definition) is 0. The van der Waals surface area contributed by atoms with Crippen LogP contribution < -0.4 is 20.7 Å². The van der Waals surface area contributed by atoms with Crippen LogP contribution >= 0.6 is 11.3 Å². The van der Waals surface area contributed by atoms with Gasteiger partial charge in [-0.15, -0.1) is 11.3 Å². The lowest BCUT2D eigenvalue weighted by atomic mass is 10.0. The second kappa shape index (κ2) is 17.0. The first-order chi connectivity index (χ1) is 43.8. The van der Waals surface area contributed by atoms with Gasteiger partial charge in [-0.3, -0.25) is 0 Å². The molecule has 0 aliphatic rings. The molecule has 0 unspecified atom stereocenters. The molecule has 69 heavy (non-hydrogen) atoms. The molecule has 0 radical (unpaired) electrons. The maximum absolute atomic E-state index is 10.1.